The first kappa shape index (κ1) is 66.0. The van der Waals surface area contributed by atoms with E-state index in [1.54, 1.807) is 0 Å². The molecule has 24 rings (SSSR count). The molecule has 536 valence electrons. The summed E-state index contributed by atoms with van der Waals surface area (Å²) in [4.78, 5) is 4.63. The lowest BCUT2D eigenvalue weighted by Crippen LogP contribution is -2.09. The highest BCUT2D eigenvalue weighted by Crippen LogP contribution is 2.51. The number of nitrogens with zero attached hydrogens (tertiary/aromatic N) is 4. The molecule has 0 amide bonds. The Morgan fingerprint density at radius 2 is 0.548 bits per heavy atom. The first-order chi connectivity index (χ1) is 57.1. The molecule has 0 bridgehead atoms. The van der Waals surface area contributed by atoms with Crippen molar-refractivity contribution in [2.24, 2.45) is 0 Å². The van der Waals surface area contributed by atoms with E-state index in [1.165, 1.54) is 179 Å². The molecule has 5 heteroatoms. The van der Waals surface area contributed by atoms with Crippen molar-refractivity contribution in [1.29, 1.82) is 0 Å². The van der Waals surface area contributed by atoms with Gasteiger partial charge in [0.25, 0.3) is 0 Å². The number of para-hydroxylation sites is 6. The number of hydrogen-bond acceptors (Lipinski definition) is 3. The minimum Gasteiger partial charge on any atom is -0.311 e. The second-order valence-corrected chi connectivity index (χ2v) is 31.2. The van der Waals surface area contributed by atoms with Gasteiger partial charge < -0.3 is 18.9 Å². The maximum Gasteiger partial charge on any atom is 0.0640 e. The van der Waals surface area contributed by atoms with Gasteiger partial charge >= 0.3 is 0 Å². The van der Waals surface area contributed by atoms with Crippen molar-refractivity contribution >= 4 is 174 Å². The average molecular weight is 1480 g/mol. The molecule has 0 N–H and O–H groups in total. The highest BCUT2D eigenvalue weighted by atomic mass is 32.1. The van der Waals surface area contributed by atoms with Gasteiger partial charge in [-0.15, -0.1) is 11.3 Å². The second-order valence-electron chi connectivity index (χ2n) is 30.2. The molecule has 0 aliphatic carbocycles. The van der Waals surface area contributed by atoms with Crippen LogP contribution in [0.4, 0.5) is 34.1 Å². The van der Waals surface area contributed by atoms with Crippen LogP contribution in [-0.4, -0.2) is 9.13 Å². The van der Waals surface area contributed by atoms with E-state index in [2.05, 4.69) is 444 Å². The summed E-state index contributed by atoms with van der Waals surface area (Å²) in [6.45, 7) is 0. The lowest BCUT2D eigenvalue weighted by atomic mass is 9.88. The Labute approximate surface area is 668 Å². The molecule has 3 heterocycles. The minimum atomic E-state index is 1.12. The highest BCUT2D eigenvalue weighted by molar-refractivity contribution is 7.26. The number of fused-ring (bicyclic) bond motifs is 11. The Bertz CT molecular complexity index is 7710. The number of benzene rings is 21. The Hall–Kier alpha value is -14.9. The molecule has 0 aliphatic rings. The van der Waals surface area contributed by atoms with Crippen LogP contribution in [-0.2, 0) is 0 Å². The molecule has 0 fully saturated rings. The molecule has 115 heavy (non-hydrogen) atoms. The van der Waals surface area contributed by atoms with Gasteiger partial charge in [-0.2, -0.15) is 0 Å². The molecule has 0 saturated carbocycles. The van der Waals surface area contributed by atoms with E-state index in [4.69, 9.17) is 0 Å². The van der Waals surface area contributed by atoms with Gasteiger partial charge in [0.1, 0.15) is 0 Å². The van der Waals surface area contributed by atoms with Gasteiger partial charge in [-0.1, -0.05) is 297 Å². The molecular weight excluding hydrogens is 1410 g/mol. The number of rotatable bonds is 12. The van der Waals surface area contributed by atoms with E-state index < -0.39 is 0 Å². The van der Waals surface area contributed by atoms with Crippen LogP contribution in [0.5, 0.6) is 0 Å². The molecule has 0 aliphatic heterocycles. The molecule has 4 nitrogen and oxygen atoms in total. The molecule has 3 aromatic heterocycles. The maximum absolute atomic E-state index is 2.51. The molecule has 0 saturated heterocycles. The Morgan fingerprint density at radius 1 is 0.191 bits per heavy atom. The van der Waals surface area contributed by atoms with Crippen LogP contribution < -0.4 is 9.80 Å². The van der Waals surface area contributed by atoms with E-state index in [0.717, 1.165) is 39.8 Å². The van der Waals surface area contributed by atoms with Crippen molar-refractivity contribution in [3.8, 4) is 55.9 Å². The van der Waals surface area contributed by atoms with Crippen LogP contribution in [0.15, 0.2) is 425 Å². The molecule has 24 aromatic rings. The Balaban J connectivity index is 0.000000136. The van der Waals surface area contributed by atoms with Crippen molar-refractivity contribution in [3.63, 3.8) is 0 Å². The first-order valence-electron chi connectivity index (χ1n) is 39.5. The van der Waals surface area contributed by atoms with Crippen molar-refractivity contribution in [2.75, 3.05) is 9.80 Å². The second kappa shape index (κ2) is 27.0. The first-order valence-corrected chi connectivity index (χ1v) is 40.3. The summed E-state index contributed by atoms with van der Waals surface area (Å²) in [5.41, 5.74) is 23.8. The number of anilines is 6. The molecule has 21 aromatic carbocycles. The molecule has 0 unspecified atom stereocenters. The Kier molecular flexibility index (Phi) is 15.5. The van der Waals surface area contributed by atoms with Crippen molar-refractivity contribution in [3.05, 3.63) is 425 Å². The van der Waals surface area contributed by atoms with E-state index in [9.17, 15) is 0 Å². The summed E-state index contributed by atoms with van der Waals surface area (Å²) in [5, 5.41) is 23.3. The monoisotopic (exact) mass is 1480 g/mol. The van der Waals surface area contributed by atoms with Crippen LogP contribution in [0.3, 0.4) is 0 Å². The van der Waals surface area contributed by atoms with E-state index >= 15 is 0 Å². The van der Waals surface area contributed by atoms with Gasteiger partial charge in [-0.05, 0) is 237 Å². The van der Waals surface area contributed by atoms with Crippen LogP contribution in [0.1, 0.15) is 0 Å². The molecule has 0 radical (unpaired) electrons. The molecule has 0 spiro atoms. The molecule has 0 atom stereocenters. The van der Waals surface area contributed by atoms with Gasteiger partial charge in [0, 0.05) is 76.8 Å². The van der Waals surface area contributed by atoms with Crippen LogP contribution in [0.25, 0.3) is 184 Å². The lowest BCUT2D eigenvalue weighted by Gasteiger charge is -2.25. The minimum absolute atomic E-state index is 1.12. The fourth-order valence-corrected chi connectivity index (χ4v) is 19.9. The SMILES string of the molecule is c1ccc(-c2cc(-c3ccccc3)cc(-n3c4ccccc4c4c5ccc6c(-c7ccc(N(c8ccccc8)c8ccccc8)cc7)ccc7ccc(cc43)c5c76)c2)cc1.c1ccc(N(c2ccccc2)c2ccc(-c3ccc4ccc5cc6c(c7ccc3c4c57)c3ccccc3n6-c3cccc4c3sc3ccccc34)cc2)cc1. The summed E-state index contributed by atoms with van der Waals surface area (Å²) in [6.07, 6.45) is 0. The molecular formula is C110H70N4S. The number of thiophene rings is 1. The van der Waals surface area contributed by atoms with Crippen molar-refractivity contribution < 1.29 is 0 Å². The highest BCUT2D eigenvalue weighted by Gasteiger charge is 2.25. The van der Waals surface area contributed by atoms with Gasteiger partial charge in [0.2, 0.25) is 0 Å². The van der Waals surface area contributed by atoms with Crippen molar-refractivity contribution in [2.45, 2.75) is 0 Å². The lowest BCUT2D eigenvalue weighted by molar-refractivity contribution is 1.18. The third-order valence-electron chi connectivity index (χ3n) is 23.8. The van der Waals surface area contributed by atoms with Crippen LogP contribution >= 0.6 is 11.3 Å². The third-order valence-corrected chi connectivity index (χ3v) is 25.0. The summed E-state index contributed by atoms with van der Waals surface area (Å²) >= 11 is 1.89. The predicted molar refractivity (Wildman–Crippen MR) is 493 cm³/mol. The summed E-state index contributed by atoms with van der Waals surface area (Å²) in [5.74, 6) is 0. The zero-order chi connectivity index (χ0) is 75.6. The van der Waals surface area contributed by atoms with Gasteiger partial charge in [0.05, 0.1) is 32.5 Å². The van der Waals surface area contributed by atoms with Crippen molar-refractivity contribution in [1.82, 2.24) is 9.13 Å². The topological polar surface area (TPSA) is 16.3 Å². The van der Waals surface area contributed by atoms with Crippen LogP contribution in [0, 0.1) is 0 Å². The average Bonchev–Trinajstić information content (AvgIpc) is 1.62. The van der Waals surface area contributed by atoms with Gasteiger partial charge in [-0.25, -0.2) is 0 Å². The standard InChI is InChI=1S/C58H38N2.C52H32N2S/c1-5-15-39(16-6-1)44-35-45(40-17-7-2-8-18-40)37-49(36-44)60-54-24-14-13-23-52(54)58-53-34-33-51-50(32-29-42-25-26-43(38-55(58)60)57(53)56(42)51)41-27-30-48(31-28-41)59(46-19-9-3-10-20-46)47-21-11-4-12-22-47;1-3-12-36(13-4-1)53(37-14-5-2-6-15-37)38-27-24-33(25-28-38)39-29-26-34-22-23-35-32-47-51(44-31-30-41(39)49(34)50(35)44)43-17-7-9-19-45(43)54(47)46-20-11-18-42-40-16-8-10-21-48(40)55-52(42)46/h1-38H;1-32H. The zero-order valence-electron chi connectivity index (χ0n) is 62.6. The maximum atomic E-state index is 2.51. The predicted octanol–water partition coefficient (Wildman–Crippen LogP) is 31.3. The fourth-order valence-electron chi connectivity index (χ4n) is 18.7. The smallest absolute Gasteiger partial charge is 0.0640 e. The summed E-state index contributed by atoms with van der Waals surface area (Å²) < 4.78 is 7.64. The summed E-state index contributed by atoms with van der Waals surface area (Å²) in [6, 6.07) is 155. The van der Waals surface area contributed by atoms with E-state index in [0.29, 0.717) is 0 Å². The normalized spacial score (nSPS) is 11.8. The van der Waals surface area contributed by atoms with Gasteiger partial charge in [0.15, 0.2) is 0 Å². The van der Waals surface area contributed by atoms with E-state index in [1.807, 2.05) is 11.3 Å². The fraction of sp³-hybridized carbons (Fsp3) is 0. The van der Waals surface area contributed by atoms with Gasteiger partial charge in [-0.3, -0.25) is 0 Å². The number of aromatic nitrogens is 2. The summed E-state index contributed by atoms with van der Waals surface area (Å²) in [7, 11) is 0. The largest absolute Gasteiger partial charge is 0.311 e. The quantitative estimate of drug-likeness (QED) is 0.113. The Morgan fingerprint density at radius 3 is 1.02 bits per heavy atom. The third kappa shape index (κ3) is 10.8. The number of hydrogen-bond donors (Lipinski definition) is 0. The zero-order valence-corrected chi connectivity index (χ0v) is 63.4. The van der Waals surface area contributed by atoms with Crippen LogP contribution in [0.2, 0.25) is 0 Å². The van der Waals surface area contributed by atoms with E-state index in [-0.39, 0.29) is 0 Å².